The van der Waals surface area contributed by atoms with Gasteiger partial charge in [0.05, 0.1) is 48.5 Å². The second-order valence-corrected chi connectivity index (χ2v) is 11.7. The fourth-order valence-electron chi connectivity index (χ4n) is 5.16. The molecule has 5 rings (SSSR count). The van der Waals surface area contributed by atoms with Crippen molar-refractivity contribution in [2.24, 2.45) is 0 Å². The third-order valence-corrected chi connectivity index (χ3v) is 8.54. The van der Waals surface area contributed by atoms with Gasteiger partial charge in [-0.2, -0.15) is 0 Å². The lowest BCUT2D eigenvalue weighted by Crippen LogP contribution is -2.48. The molecule has 8 nitrogen and oxygen atoms in total. The van der Waals surface area contributed by atoms with Crippen LogP contribution in [0.15, 0.2) is 53.7 Å². The lowest BCUT2D eigenvalue weighted by Gasteiger charge is -2.36. The highest BCUT2D eigenvalue weighted by molar-refractivity contribution is 8.00. The second-order valence-electron chi connectivity index (χ2n) is 10.5. The number of rotatable bonds is 9. The molecule has 0 N–H and O–H groups in total. The number of anilines is 2. The highest BCUT2D eigenvalue weighted by Gasteiger charge is 2.20. The van der Waals surface area contributed by atoms with Gasteiger partial charge in [-0.15, -0.1) is 0 Å². The minimum Gasteiger partial charge on any atom is -0.480 e. The van der Waals surface area contributed by atoms with Gasteiger partial charge in [-0.25, -0.2) is 9.37 Å². The van der Waals surface area contributed by atoms with Gasteiger partial charge in [-0.3, -0.25) is 14.8 Å². The van der Waals surface area contributed by atoms with Gasteiger partial charge in [-0.1, -0.05) is 6.07 Å². The van der Waals surface area contributed by atoms with Crippen molar-refractivity contribution in [1.29, 1.82) is 0 Å². The van der Waals surface area contributed by atoms with Crippen LogP contribution in [0.2, 0.25) is 0 Å². The Labute approximate surface area is 241 Å². The third kappa shape index (κ3) is 6.86. The molecule has 214 valence electrons. The van der Waals surface area contributed by atoms with Crippen LogP contribution in [0.1, 0.15) is 19.4 Å². The van der Waals surface area contributed by atoms with E-state index in [4.69, 9.17) is 9.47 Å². The molecule has 2 aromatic heterocycles. The molecule has 0 saturated carbocycles. The lowest BCUT2D eigenvalue weighted by atomic mass is 10.1. The largest absolute Gasteiger partial charge is 0.480 e. The van der Waals surface area contributed by atoms with E-state index < -0.39 is 0 Å². The van der Waals surface area contributed by atoms with Crippen LogP contribution in [-0.4, -0.2) is 92.4 Å². The predicted octanol–water partition coefficient (Wildman–Crippen LogP) is 4.80. The van der Waals surface area contributed by atoms with E-state index in [1.807, 2.05) is 41.8 Å². The first-order valence-electron chi connectivity index (χ1n) is 13.9. The Morgan fingerprint density at radius 3 is 2.50 bits per heavy atom. The molecule has 2 aliphatic rings. The highest BCUT2D eigenvalue weighted by Crippen LogP contribution is 2.36. The fraction of sp³-hybridized carbons (Fsp3) is 0.467. The Kier molecular flexibility index (Phi) is 9.41. The van der Waals surface area contributed by atoms with E-state index in [1.165, 1.54) is 11.9 Å². The van der Waals surface area contributed by atoms with E-state index in [0.29, 0.717) is 36.4 Å². The van der Waals surface area contributed by atoms with Gasteiger partial charge in [0.1, 0.15) is 5.82 Å². The summed E-state index contributed by atoms with van der Waals surface area (Å²) < 4.78 is 28.4. The minimum atomic E-state index is -0.248. The molecule has 2 aliphatic heterocycles. The molecule has 2 saturated heterocycles. The SMILES string of the molecule is COc1ncc(N2CCOCC2)cc1SN(C)c1ccnc(-c2ccc(CN3CCN(C(C)C)CC3)cc2F)c1. The van der Waals surface area contributed by atoms with Crippen LogP contribution < -0.4 is 13.9 Å². The summed E-state index contributed by atoms with van der Waals surface area (Å²) in [7, 11) is 3.60. The number of hydrogen-bond donors (Lipinski definition) is 0. The van der Waals surface area contributed by atoms with Gasteiger partial charge in [0, 0.05) is 70.7 Å². The number of ether oxygens (including phenoxy) is 2. The molecule has 10 heteroatoms. The zero-order valence-electron chi connectivity index (χ0n) is 23.8. The molecule has 0 unspecified atom stereocenters. The monoisotopic (exact) mass is 566 g/mol. The Bertz CT molecular complexity index is 1280. The number of morpholine rings is 1. The molecular formula is C30H39FN6O2S. The number of methoxy groups -OCH3 is 1. The molecule has 3 aromatic rings. The summed E-state index contributed by atoms with van der Waals surface area (Å²) in [6.07, 6.45) is 3.57. The zero-order valence-corrected chi connectivity index (χ0v) is 24.7. The number of nitrogens with zero attached hydrogens (tertiary/aromatic N) is 6. The lowest BCUT2D eigenvalue weighted by molar-refractivity contribution is 0.104. The molecule has 0 aliphatic carbocycles. The van der Waals surface area contributed by atoms with Crippen molar-refractivity contribution in [2.45, 2.75) is 31.3 Å². The predicted molar refractivity (Wildman–Crippen MR) is 160 cm³/mol. The van der Waals surface area contributed by atoms with Crippen LogP contribution in [0.3, 0.4) is 0 Å². The van der Waals surface area contributed by atoms with E-state index >= 15 is 4.39 Å². The first-order chi connectivity index (χ1) is 19.4. The molecule has 40 heavy (non-hydrogen) atoms. The normalized spacial score (nSPS) is 16.9. The molecule has 0 amide bonds. The molecule has 1 aromatic carbocycles. The number of hydrogen-bond acceptors (Lipinski definition) is 9. The topological polar surface area (TPSA) is 57.2 Å². The Balaban J connectivity index is 1.27. The van der Waals surface area contributed by atoms with Gasteiger partial charge in [0.2, 0.25) is 5.88 Å². The summed E-state index contributed by atoms with van der Waals surface area (Å²) >= 11 is 1.52. The maximum Gasteiger partial charge on any atom is 0.229 e. The molecule has 2 fully saturated rings. The molecule has 4 heterocycles. The summed E-state index contributed by atoms with van der Waals surface area (Å²) in [5.41, 5.74) is 4.04. The summed E-state index contributed by atoms with van der Waals surface area (Å²) in [6.45, 7) is 12.4. The summed E-state index contributed by atoms with van der Waals surface area (Å²) in [4.78, 5) is 17.1. The molecule has 0 bridgehead atoms. The average Bonchev–Trinajstić information content (AvgIpc) is 2.98. The molecular weight excluding hydrogens is 527 g/mol. The smallest absolute Gasteiger partial charge is 0.229 e. The van der Waals surface area contributed by atoms with Gasteiger partial charge in [-0.05, 0) is 61.7 Å². The Morgan fingerprint density at radius 2 is 1.80 bits per heavy atom. The van der Waals surface area contributed by atoms with Crippen LogP contribution in [0.5, 0.6) is 5.88 Å². The molecule has 0 atom stereocenters. The number of piperazine rings is 1. The van der Waals surface area contributed by atoms with Gasteiger partial charge in [0.25, 0.3) is 0 Å². The van der Waals surface area contributed by atoms with Crippen molar-refractivity contribution in [3.8, 4) is 17.1 Å². The Hall–Kier alpha value is -2.92. The van der Waals surface area contributed by atoms with Crippen LogP contribution in [0.4, 0.5) is 15.8 Å². The van der Waals surface area contributed by atoms with Crippen molar-refractivity contribution < 1.29 is 13.9 Å². The summed E-state index contributed by atoms with van der Waals surface area (Å²) in [5, 5.41) is 0. The maximum absolute atomic E-state index is 15.3. The first-order valence-corrected chi connectivity index (χ1v) is 14.7. The van der Waals surface area contributed by atoms with E-state index in [9.17, 15) is 0 Å². The van der Waals surface area contributed by atoms with Crippen molar-refractivity contribution in [3.05, 3.63) is 60.2 Å². The third-order valence-electron chi connectivity index (χ3n) is 7.57. The van der Waals surface area contributed by atoms with Gasteiger partial charge in [0.15, 0.2) is 0 Å². The van der Waals surface area contributed by atoms with Crippen LogP contribution in [0, 0.1) is 5.82 Å². The van der Waals surface area contributed by atoms with E-state index in [1.54, 1.807) is 19.4 Å². The van der Waals surface area contributed by atoms with Crippen LogP contribution in [-0.2, 0) is 11.3 Å². The number of pyridine rings is 2. The van der Waals surface area contributed by atoms with E-state index in [0.717, 1.165) is 67.6 Å². The molecule has 0 spiro atoms. The molecule has 0 radical (unpaired) electrons. The maximum atomic E-state index is 15.3. The average molecular weight is 567 g/mol. The summed E-state index contributed by atoms with van der Waals surface area (Å²) in [6, 6.07) is 12.0. The van der Waals surface area contributed by atoms with Gasteiger partial charge < -0.3 is 18.7 Å². The van der Waals surface area contributed by atoms with E-state index in [2.05, 4.69) is 44.6 Å². The number of benzene rings is 1. The van der Waals surface area contributed by atoms with Crippen LogP contribution in [0.25, 0.3) is 11.3 Å². The van der Waals surface area contributed by atoms with Crippen molar-refractivity contribution in [1.82, 2.24) is 19.8 Å². The first kappa shape index (κ1) is 28.6. The Morgan fingerprint density at radius 1 is 1.02 bits per heavy atom. The highest BCUT2D eigenvalue weighted by atomic mass is 32.2. The van der Waals surface area contributed by atoms with Crippen LogP contribution >= 0.6 is 11.9 Å². The number of halogens is 1. The van der Waals surface area contributed by atoms with Crippen molar-refractivity contribution in [3.63, 3.8) is 0 Å². The zero-order chi connectivity index (χ0) is 28.1. The van der Waals surface area contributed by atoms with Gasteiger partial charge >= 0.3 is 0 Å². The number of aromatic nitrogens is 2. The van der Waals surface area contributed by atoms with Crippen molar-refractivity contribution >= 4 is 23.3 Å². The minimum absolute atomic E-state index is 0.248. The van der Waals surface area contributed by atoms with E-state index in [-0.39, 0.29) is 5.82 Å². The standard InChI is InChI=1S/C30H39FN6O2S/c1-22(2)36-11-9-35(10-12-36)21-23-5-6-26(27(31)17-23)28-18-24(7-8-32-28)34(3)40-29-19-25(20-33-30(29)38-4)37-13-15-39-16-14-37/h5-8,17-20,22H,9-16,21H2,1-4H3. The quantitative estimate of drug-likeness (QED) is 0.340. The van der Waals surface area contributed by atoms with Crippen molar-refractivity contribution in [2.75, 3.05) is 75.8 Å². The fourth-order valence-corrected chi connectivity index (χ4v) is 6.06. The summed E-state index contributed by atoms with van der Waals surface area (Å²) in [5.74, 6) is 0.317. The second kappa shape index (κ2) is 13.2.